The molecule has 0 aliphatic carbocycles. The minimum absolute atomic E-state index is 0.232. The first kappa shape index (κ1) is 9.67. The second kappa shape index (κ2) is 5.27. The molecule has 1 heterocycles. The standard InChI is InChI=1S/C7H13NO3S/c9-7-8(2-4-11-7)1-3-10-5-6-12/h12H,1-6H2. The molecule has 0 spiro atoms. The van der Waals surface area contributed by atoms with E-state index in [1.807, 2.05) is 0 Å². The van der Waals surface area contributed by atoms with Gasteiger partial charge >= 0.3 is 6.09 Å². The lowest BCUT2D eigenvalue weighted by Crippen LogP contribution is -2.28. The summed E-state index contributed by atoms with van der Waals surface area (Å²) < 4.78 is 9.91. The molecule has 1 rings (SSSR count). The van der Waals surface area contributed by atoms with E-state index in [0.29, 0.717) is 38.7 Å². The zero-order chi connectivity index (χ0) is 8.81. The van der Waals surface area contributed by atoms with Crippen LogP contribution in [0, 0.1) is 0 Å². The largest absolute Gasteiger partial charge is 0.448 e. The lowest BCUT2D eigenvalue weighted by molar-refractivity contribution is 0.119. The van der Waals surface area contributed by atoms with E-state index in [4.69, 9.17) is 9.47 Å². The molecule has 1 aliphatic rings. The molecule has 0 aromatic heterocycles. The van der Waals surface area contributed by atoms with E-state index in [1.165, 1.54) is 0 Å². The number of nitrogens with zero attached hydrogens (tertiary/aromatic N) is 1. The second-order valence-electron chi connectivity index (χ2n) is 2.44. The summed E-state index contributed by atoms with van der Waals surface area (Å²) in [5.41, 5.74) is 0. The van der Waals surface area contributed by atoms with Crippen LogP contribution in [0.5, 0.6) is 0 Å². The quantitative estimate of drug-likeness (QED) is 0.504. The summed E-state index contributed by atoms with van der Waals surface area (Å²) >= 11 is 3.99. The van der Waals surface area contributed by atoms with Gasteiger partial charge < -0.3 is 14.4 Å². The fraction of sp³-hybridized carbons (Fsp3) is 0.857. The predicted molar refractivity (Wildman–Crippen MR) is 47.6 cm³/mol. The summed E-state index contributed by atoms with van der Waals surface area (Å²) in [6.07, 6.45) is -0.232. The van der Waals surface area contributed by atoms with Crippen molar-refractivity contribution in [1.82, 2.24) is 4.90 Å². The monoisotopic (exact) mass is 191 g/mol. The Labute approximate surface area is 77.2 Å². The number of carbonyl (C=O) groups is 1. The van der Waals surface area contributed by atoms with Crippen molar-refractivity contribution in [3.05, 3.63) is 0 Å². The van der Waals surface area contributed by atoms with Gasteiger partial charge in [-0.3, -0.25) is 0 Å². The Hall–Kier alpha value is -0.420. The van der Waals surface area contributed by atoms with Gasteiger partial charge in [-0.2, -0.15) is 12.6 Å². The Morgan fingerprint density at radius 2 is 2.42 bits per heavy atom. The Balaban J connectivity index is 2.02. The van der Waals surface area contributed by atoms with Crippen LogP contribution in [0.15, 0.2) is 0 Å². The zero-order valence-corrected chi connectivity index (χ0v) is 7.76. The molecule has 70 valence electrons. The van der Waals surface area contributed by atoms with Crippen LogP contribution in [0.2, 0.25) is 0 Å². The van der Waals surface area contributed by atoms with Crippen molar-refractivity contribution in [3.63, 3.8) is 0 Å². The molecule has 0 saturated carbocycles. The molecule has 1 fully saturated rings. The predicted octanol–water partition coefficient (Wildman–Crippen LogP) is 0.385. The number of hydrogen-bond donors (Lipinski definition) is 1. The average Bonchev–Trinajstić information content (AvgIpc) is 2.46. The van der Waals surface area contributed by atoms with Crippen molar-refractivity contribution in [3.8, 4) is 0 Å². The van der Waals surface area contributed by atoms with Crippen LogP contribution >= 0.6 is 12.6 Å². The number of amides is 1. The van der Waals surface area contributed by atoms with Crippen LogP contribution in [0.1, 0.15) is 0 Å². The number of hydrogen-bond acceptors (Lipinski definition) is 4. The second-order valence-corrected chi connectivity index (χ2v) is 2.88. The van der Waals surface area contributed by atoms with Crippen LogP contribution in [0.4, 0.5) is 4.79 Å². The van der Waals surface area contributed by atoms with E-state index < -0.39 is 0 Å². The van der Waals surface area contributed by atoms with E-state index in [2.05, 4.69) is 12.6 Å². The van der Waals surface area contributed by atoms with Crippen LogP contribution in [0.25, 0.3) is 0 Å². The third-order valence-electron chi connectivity index (χ3n) is 1.59. The SMILES string of the molecule is O=C1OCCN1CCOCCS. The Morgan fingerprint density at radius 1 is 1.58 bits per heavy atom. The molecule has 4 nitrogen and oxygen atoms in total. The molecule has 0 unspecified atom stereocenters. The van der Waals surface area contributed by atoms with Gasteiger partial charge in [0.05, 0.1) is 19.8 Å². The van der Waals surface area contributed by atoms with Gasteiger partial charge in [0.15, 0.2) is 0 Å². The van der Waals surface area contributed by atoms with Crippen LogP contribution in [0.3, 0.4) is 0 Å². The minimum Gasteiger partial charge on any atom is -0.448 e. The number of carbonyl (C=O) groups excluding carboxylic acids is 1. The topological polar surface area (TPSA) is 38.8 Å². The molecule has 5 heteroatoms. The number of ether oxygens (including phenoxy) is 2. The van der Waals surface area contributed by atoms with E-state index in [1.54, 1.807) is 4.90 Å². The van der Waals surface area contributed by atoms with Gasteiger partial charge in [0.25, 0.3) is 0 Å². The minimum atomic E-state index is -0.232. The lowest BCUT2D eigenvalue weighted by Gasteiger charge is -2.11. The third-order valence-corrected chi connectivity index (χ3v) is 1.77. The van der Waals surface area contributed by atoms with Gasteiger partial charge in [0, 0.05) is 12.3 Å². The highest BCUT2D eigenvalue weighted by Gasteiger charge is 2.20. The summed E-state index contributed by atoms with van der Waals surface area (Å²) in [5, 5.41) is 0. The van der Waals surface area contributed by atoms with Gasteiger partial charge in [-0.05, 0) is 0 Å². The number of thiol groups is 1. The molecule has 1 amide bonds. The Morgan fingerprint density at radius 3 is 3.00 bits per heavy atom. The van der Waals surface area contributed by atoms with Crippen LogP contribution < -0.4 is 0 Å². The number of rotatable bonds is 5. The first-order valence-electron chi connectivity index (χ1n) is 3.95. The highest BCUT2D eigenvalue weighted by atomic mass is 32.1. The van der Waals surface area contributed by atoms with Crippen molar-refractivity contribution in [1.29, 1.82) is 0 Å². The zero-order valence-electron chi connectivity index (χ0n) is 6.86. The van der Waals surface area contributed by atoms with E-state index in [9.17, 15) is 4.79 Å². The summed E-state index contributed by atoms with van der Waals surface area (Å²) in [7, 11) is 0. The van der Waals surface area contributed by atoms with Crippen LogP contribution in [-0.4, -0.2) is 49.7 Å². The molecule has 0 bridgehead atoms. The third kappa shape index (κ3) is 2.91. The van der Waals surface area contributed by atoms with Crippen molar-refractivity contribution in [2.24, 2.45) is 0 Å². The highest BCUT2D eigenvalue weighted by molar-refractivity contribution is 7.80. The molecule has 0 N–H and O–H groups in total. The maximum Gasteiger partial charge on any atom is 0.410 e. The van der Waals surface area contributed by atoms with Crippen molar-refractivity contribution >= 4 is 18.7 Å². The number of cyclic esters (lactones) is 1. The maximum atomic E-state index is 10.9. The fourth-order valence-electron chi connectivity index (χ4n) is 0.970. The molecule has 0 aromatic rings. The smallest absolute Gasteiger partial charge is 0.410 e. The average molecular weight is 191 g/mol. The van der Waals surface area contributed by atoms with Gasteiger partial charge in [-0.25, -0.2) is 4.79 Å². The molecule has 1 aliphatic heterocycles. The van der Waals surface area contributed by atoms with Gasteiger partial charge in [0.2, 0.25) is 0 Å². The van der Waals surface area contributed by atoms with Crippen molar-refractivity contribution in [2.75, 3.05) is 38.7 Å². The normalized spacial score (nSPS) is 16.8. The summed E-state index contributed by atoms with van der Waals surface area (Å²) in [6, 6.07) is 0. The van der Waals surface area contributed by atoms with Crippen molar-refractivity contribution in [2.45, 2.75) is 0 Å². The van der Waals surface area contributed by atoms with E-state index in [0.717, 1.165) is 0 Å². The highest BCUT2D eigenvalue weighted by Crippen LogP contribution is 2.01. The van der Waals surface area contributed by atoms with Gasteiger partial charge in [0.1, 0.15) is 6.61 Å². The molecule has 0 aromatic carbocycles. The molecule has 0 atom stereocenters. The molecule has 1 saturated heterocycles. The Bertz CT molecular complexity index is 154. The lowest BCUT2D eigenvalue weighted by atomic mass is 10.5. The first-order valence-corrected chi connectivity index (χ1v) is 4.58. The summed E-state index contributed by atoms with van der Waals surface area (Å²) in [6.45, 7) is 3.00. The van der Waals surface area contributed by atoms with Gasteiger partial charge in [-0.1, -0.05) is 0 Å². The summed E-state index contributed by atoms with van der Waals surface area (Å²) in [4.78, 5) is 12.5. The van der Waals surface area contributed by atoms with E-state index >= 15 is 0 Å². The van der Waals surface area contributed by atoms with Crippen molar-refractivity contribution < 1.29 is 14.3 Å². The molecular formula is C7H13NO3S. The Kier molecular flexibility index (Phi) is 4.24. The van der Waals surface area contributed by atoms with E-state index in [-0.39, 0.29) is 6.09 Å². The molecule has 0 radical (unpaired) electrons. The van der Waals surface area contributed by atoms with Crippen LogP contribution in [-0.2, 0) is 9.47 Å². The van der Waals surface area contributed by atoms with Gasteiger partial charge in [-0.15, -0.1) is 0 Å². The first-order chi connectivity index (χ1) is 5.84. The summed E-state index contributed by atoms with van der Waals surface area (Å²) in [5.74, 6) is 0.713. The fourth-order valence-corrected chi connectivity index (χ4v) is 1.10. The maximum absolute atomic E-state index is 10.9. The molecule has 12 heavy (non-hydrogen) atoms. The molecular weight excluding hydrogens is 178 g/mol.